The molecule has 0 aromatic carbocycles. The van der Waals surface area contributed by atoms with Crippen LogP contribution in [0.2, 0.25) is 0 Å². The number of aryl methyl sites for hydroxylation is 2. The van der Waals surface area contributed by atoms with E-state index in [9.17, 15) is 4.79 Å². The summed E-state index contributed by atoms with van der Waals surface area (Å²) in [6.45, 7) is 2.78. The van der Waals surface area contributed by atoms with Crippen LogP contribution < -0.4 is 5.43 Å². The van der Waals surface area contributed by atoms with Crippen molar-refractivity contribution in [3.05, 3.63) is 32.7 Å². The highest BCUT2D eigenvalue weighted by Gasteiger charge is 2.00. The smallest absolute Gasteiger partial charge is 0.198 e. The van der Waals surface area contributed by atoms with E-state index in [4.69, 9.17) is 0 Å². The maximum atomic E-state index is 11.3. The van der Waals surface area contributed by atoms with Gasteiger partial charge in [-0.3, -0.25) is 4.79 Å². The third-order valence-electron chi connectivity index (χ3n) is 1.77. The second kappa shape index (κ2) is 4.86. The van der Waals surface area contributed by atoms with Crippen LogP contribution in [0.5, 0.6) is 0 Å². The first-order valence-corrected chi connectivity index (χ1v) is 6.19. The minimum atomic E-state index is 0.0837. The van der Waals surface area contributed by atoms with Crippen LogP contribution in [0.3, 0.4) is 0 Å². The van der Waals surface area contributed by atoms with Gasteiger partial charge in [0.25, 0.3) is 0 Å². The van der Waals surface area contributed by atoms with Crippen molar-refractivity contribution in [2.75, 3.05) is 12.0 Å². The SMILES string of the molecule is CSCCn1cc(C)c(=O)c(Br)c1. The standard InChI is InChI=1S/C9H12BrNOS/c1-7-5-11(3-4-13-2)6-8(10)9(7)12/h5-6H,3-4H2,1-2H3. The van der Waals surface area contributed by atoms with Crippen LogP contribution in [0.25, 0.3) is 0 Å². The Morgan fingerprint density at radius 3 is 2.77 bits per heavy atom. The van der Waals surface area contributed by atoms with Crippen molar-refractivity contribution in [1.29, 1.82) is 0 Å². The summed E-state index contributed by atoms with van der Waals surface area (Å²) < 4.78 is 2.69. The van der Waals surface area contributed by atoms with E-state index in [0.717, 1.165) is 17.9 Å². The molecule has 0 atom stereocenters. The van der Waals surface area contributed by atoms with Gasteiger partial charge in [-0.1, -0.05) is 0 Å². The monoisotopic (exact) mass is 261 g/mol. The number of hydrogen-bond acceptors (Lipinski definition) is 2. The highest BCUT2D eigenvalue weighted by Crippen LogP contribution is 2.05. The van der Waals surface area contributed by atoms with Gasteiger partial charge in [0.2, 0.25) is 0 Å². The Hall–Kier alpha value is -0.220. The minimum Gasteiger partial charge on any atom is -0.352 e. The molecule has 0 N–H and O–H groups in total. The molecule has 0 amide bonds. The third kappa shape index (κ3) is 2.88. The Morgan fingerprint density at radius 1 is 1.54 bits per heavy atom. The van der Waals surface area contributed by atoms with Crippen molar-refractivity contribution in [3.63, 3.8) is 0 Å². The van der Waals surface area contributed by atoms with E-state index in [1.165, 1.54) is 0 Å². The molecule has 1 heterocycles. The lowest BCUT2D eigenvalue weighted by atomic mass is 10.3. The van der Waals surface area contributed by atoms with Crippen LogP contribution in [0, 0.1) is 6.92 Å². The average Bonchev–Trinajstić information content (AvgIpc) is 2.10. The van der Waals surface area contributed by atoms with Crippen molar-refractivity contribution in [2.24, 2.45) is 0 Å². The summed E-state index contributed by atoms with van der Waals surface area (Å²) in [6.07, 6.45) is 5.80. The molecule has 0 unspecified atom stereocenters. The molecule has 4 heteroatoms. The van der Waals surface area contributed by atoms with Crippen LogP contribution in [0.4, 0.5) is 0 Å². The molecule has 0 spiro atoms. The fourth-order valence-electron chi connectivity index (χ4n) is 1.06. The molecule has 13 heavy (non-hydrogen) atoms. The lowest BCUT2D eigenvalue weighted by Crippen LogP contribution is -2.12. The number of rotatable bonds is 3. The number of pyridine rings is 1. The number of hydrogen-bond donors (Lipinski definition) is 0. The van der Waals surface area contributed by atoms with Gasteiger partial charge in [-0.05, 0) is 29.1 Å². The molecule has 0 aliphatic heterocycles. The summed E-state index contributed by atoms with van der Waals surface area (Å²) >= 11 is 5.05. The number of nitrogens with zero attached hydrogens (tertiary/aromatic N) is 1. The molecule has 0 aliphatic rings. The molecule has 1 aromatic rings. The van der Waals surface area contributed by atoms with Crippen LogP contribution in [0.15, 0.2) is 21.7 Å². The number of thioether (sulfide) groups is 1. The summed E-state index contributed by atoms with van der Waals surface area (Å²) in [6, 6.07) is 0. The second-order valence-electron chi connectivity index (χ2n) is 2.85. The molecule has 1 rings (SSSR count). The zero-order valence-electron chi connectivity index (χ0n) is 7.71. The summed E-state index contributed by atoms with van der Waals surface area (Å²) in [5.41, 5.74) is 0.871. The Morgan fingerprint density at radius 2 is 2.23 bits per heavy atom. The molecular weight excluding hydrogens is 250 g/mol. The predicted octanol–water partition coefficient (Wildman–Crippen LogP) is 2.28. The molecular formula is C9H12BrNOS. The predicted molar refractivity (Wildman–Crippen MR) is 61.5 cm³/mol. The molecule has 0 radical (unpaired) electrons. The van der Waals surface area contributed by atoms with Gasteiger partial charge < -0.3 is 4.57 Å². The van der Waals surface area contributed by atoms with Crippen LogP contribution in [0.1, 0.15) is 5.56 Å². The zero-order valence-corrected chi connectivity index (χ0v) is 10.1. The maximum absolute atomic E-state index is 11.3. The largest absolute Gasteiger partial charge is 0.352 e. The quantitative estimate of drug-likeness (QED) is 0.833. The molecule has 72 valence electrons. The van der Waals surface area contributed by atoms with Gasteiger partial charge in [0.1, 0.15) is 0 Å². The van der Waals surface area contributed by atoms with Crippen molar-refractivity contribution < 1.29 is 0 Å². The van der Waals surface area contributed by atoms with Crippen LogP contribution in [-0.4, -0.2) is 16.6 Å². The molecule has 0 bridgehead atoms. The summed E-state index contributed by atoms with van der Waals surface area (Å²) in [5, 5.41) is 0. The van der Waals surface area contributed by atoms with Gasteiger partial charge in [-0.2, -0.15) is 11.8 Å². The Bertz CT molecular complexity index is 322. The first kappa shape index (κ1) is 10.9. The van der Waals surface area contributed by atoms with E-state index in [1.54, 1.807) is 11.8 Å². The Balaban J connectivity index is 2.93. The van der Waals surface area contributed by atoms with Crippen molar-refractivity contribution in [1.82, 2.24) is 4.57 Å². The van der Waals surface area contributed by atoms with Gasteiger partial charge >= 0.3 is 0 Å². The van der Waals surface area contributed by atoms with E-state index in [2.05, 4.69) is 22.2 Å². The van der Waals surface area contributed by atoms with Gasteiger partial charge in [0.05, 0.1) is 4.47 Å². The fraction of sp³-hybridized carbons (Fsp3) is 0.444. The van der Waals surface area contributed by atoms with Gasteiger partial charge in [-0.25, -0.2) is 0 Å². The fourth-order valence-corrected chi connectivity index (χ4v) is 2.03. The second-order valence-corrected chi connectivity index (χ2v) is 4.69. The number of aromatic nitrogens is 1. The zero-order chi connectivity index (χ0) is 9.84. The minimum absolute atomic E-state index is 0.0837. The van der Waals surface area contributed by atoms with E-state index < -0.39 is 0 Å². The van der Waals surface area contributed by atoms with E-state index in [0.29, 0.717) is 4.47 Å². The van der Waals surface area contributed by atoms with Crippen molar-refractivity contribution >= 4 is 27.7 Å². The van der Waals surface area contributed by atoms with Gasteiger partial charge in [0, 0.05) is 30.3 Å². The maximum Gasteiger partial charge on any atom is 0.198 e. The topological polar surface area (TPSA) is 22.0 Å². The third-order valence-corrected chi connectivity index (χ3v) is 2.92. The average molecular weight is 262 g/mol. The highest BCUT2D eigenvalue weighted by molar-refractivity contribution is 9.10. The van der Waals surface area contributed by atoms with Crippen molar-refractivity contribution in [2.45, 2.75) is 13.5 Å². The molecule has 0 fully saturated rings. The van der Waals surface area contributed by atoms with E-state index in [-0.39, 0.29) is 5.43 Å². The Kier molecular flexibility index (Phi) is 4.06. The molecule has 0 aliphatic carbocycles. The number of halogens is 1. The molecule has 0 saturated heterocycles. The Labute approximate surface area is 90.5 Å². The molecule has 2 nitrogen and oxygen atoms in total. The summed E-state index contributed by atoms with van der Waals surface area (Å²) in [7, 11) is 0. The molecule has 0 saturated carbocycles. The van der Waals surface area contributed by atoms with Crippen molar-refractivity contribution in [3.8, 4) is 0 Å². The molecule has 1 aromatic heterocycles. The van der Waals surface area contributed by atoms with E-state index >= 15 is 0 Å². The summed E-state index contributed by atoms with van der Waals surface area (Å²) in [5.74, 6) is 1.06. The van der Waals surface area contributed by atoms with Crippen LogP contribution >= 0.6 is 27.7 Å². The summed E-state index contributed by atoms with van der Waals surface area (Å²) in [4.78, 5) is 11.3. The highest BCUT2D eigenvalue weighted by atomic mass is 79.9. The van der Waals surface area contributed by atoms with Gasteiger partial charge in [-0.15, -0.1) is 0 Å². The lowest BCUT2D eigenvalue weighted by Gasteiger charge is -2.06. The normalized spacial score (nSPS) is 10.4. The first-order chi connectivity index (χ1) is 6.15. The van der Waals surface area contributed by atoms with Crippen LogP contribution in [-0.2, 0) is 6.54 Å². The lowest BCUT2D eigenvalue weighted by molar-refractivity contribution is 0.754. The van der Waals surface area contributed by atoms with Gasteiger partial charge in [0.15, 0.2) is 5.43 Å². The first-order valence-electron chi connectivity index (χ1n) is 4.00. The van der Waals surface area contributed by atoms with E-state index in [1.807, 2.05) is 23.9 Å².